The molecule has 0 spiro atoms. The molecule has 0 aliphatic heterocycles. The van der Waals surface area contributed by atoms with Gasteiger partial charge in [0.15, 0.2) is 0 Å². The van der Waals surface area contributed by atoms with E-state index in [1.165, 1.54) is 12.2 Å². The lowest BCUT2D eigenvalue weighted by Gasteiger charge is -2.56. The molecule has 1 nitrogen and oxygen atoms in total. The quantitative estimate of drug-likeness (QED) is 0.532. The van der Waals surface area contributed by atoms with Gasteiger partial charge in [0.25, 0.3) is 5.85 Å². The predicted molar refractivity (Wildman–Crippen MR) is 53.5 cm³/mol. The average molecular weight is 358 g/mol. The summed E-state index contributed by atoms with van der Waals surface area (Å²) in [6, 6.07) is 0. The number of halogens is 10. The van der Waals surface area contributed by atoms with Gasteiger partial charge < -0.3 is 0 Å². The standard InChI is InChI=1S/C12H8F10O/c13-8(14)6-4-1-2-5(3-4)7(6)9(8,15)23-12(21,22)10(16,17)11(18,19)20/h1-2,4-7H,3H2/t4-,5-,6+,7+,9-/m0/s1. The highest BCUT2D eigenvalue weighted by atomic mass is 19.4. The van der Waals surface area contributed by atoms with Gasteiger partial charge in [0.1, 0.15) is 0 Å². The van der Waals surface area contributed by atoms with Crippen molar-refractivity contribution in [1.82, 2.24) is 0 Å². The topological polar surface area (TPSA) is 9.23 Å². The summed E-state index contributed by atoms with van der Waals surface area (Å²) >= 11 is 0. The fourth-order valence-corrected chi connectivity index (χ4v) is 3.73. The minimum absolute atomic E-state index is 0.0127. The van der Waals surface area contributed by atoms with Crippen LogP contribution >= 0.6 is 0 Å². The van der Waals surface area contributed by atoms with Gasteiger partial charge in [-0.05, 0) is 18.3 Å². The van der Waals surface area contributed by atoms with Crippen molar-refractivity contribution in [2.45, 2.75) is 36.4 Å². The number of hydrogen-bond acceptors (Lipinski definition) is 1. The SMILES string of the molecule is FC(F)(F)C(F)(F)C(F)(F)O[C@@]1(F)[C@H]2[C@@H]([C@H]3C=C[C@H]2C3)C1(F)F. The molecule has 0 unspecified atom stereocenters. The minimum atomic E-state index is -6.81. The van der Waals surface area contributed by atoms with Crippen LogP contribution in [0.1, 0.15) is 6.42 Å². The van der Waals surface area contributed by atoms with Crippen LogP contribution in [0.3, 0.4) is 0 Å². The number of allylic oxidation sites excluding steroid dienone is 2. The lowest BCUT2D eigenvalue weighted by atomic mass is 9.60. The molecule has 0 radical (unpaired) electrons. The Morgan fingerprint density at radius 3 is 1.78 bits per heavy atom. The first kappa shape index (κ1) is 16.8. The Morgan fingerprint density at radius 2 is 1.30 bits per heavy atom. The van der Waals surface area contributed by atoms with Gasteiger partial charge in [-0.15, -0.1) is 0 Å². The van der Waals surface area contributed by atoms with Crippen LogP contribution in [0.2, 0.25) is 0 Å². The first-order chi connectivity index (χ1) is 10.2. The fourth-order valence-electron chi connectivity index (χ4n) is 3.73. The maximum absolute atomic E-state index is 14.3. The number of ether oxygens (including phenoxy) is 1. The van der Waals surface area contributed by atoms with E-state index in [1.807, 2.05) is 0 Å². The molecule has 2 bridgehead atoms. The highest BCUT2D eigenvalue weighted by Gasteiger charge is 2.87. The Bertz CT molecular complexity index is 553. The summed E-state index contributed by atoms with van der Waals surface area (Å²) < 4.78 is 133. The summed E-state index contributed by atoms with van der Waals surface area (Å²) in [6.45, 7) is 0. The minimum Gasteiger partial charge on any atom is -0.271 e. The van der Waals surface area contributed by atoms with Crippen molar-refractivity contribution in [3.8, 4) is 0 Å². The monoisotopic (exact) mass is 358 g/mol. The molecule has 132 valence electrons. The van der Waals surface area contributed by atoms with E-state index in [1.54, 1.807) is 0 Å². The molecule has 0 saturated heterocycles. The molecule has 3 aliphatic rings. The maximum Gasteiger partial charge on any atom is 0.462 e. The van der Waals surface area contributed by atoms with Crippen molar-refractivity contribution < 1.29 is 48.6 Å². The summed E-state index contributed by atoms with van der Waals surface area (Å²) in [5.41, 5.74) is 0. The molecule has 0 heterocycles. The molecule has 2 saturated carbocycles. The molecule has 0 aromatic carbocycles. The first-order valence-electron chi connectivity index (χ1n) is 6.44. The zero-order valence-corrected chi connectivity index (χ0v) is 10.9. The molecule has 0 N–H and O–H groups in total. The Balaban J connectivity index is 1.92. The molecule has 3 rings (SSSR count). The third-order valence-corrected chi connectivity index (χ3v) is 4.76. The summed E-state index contributed by atoms with van der Waals surface area (Å²) in [5.74, 6) is -21.4. The molecule has 11 heteroatoms. The summed E-state index contributed by atoms with van der Waals surface area (Å²) in [4.78, 5) is 0. The van der Waals surface area contributed by atoms with Crippen LogP contribution in [-0.2, 0) is 4.74 Å². The van der Waals surface area contributed by atoms with Gasteiger partial charge in [-0.2, -0.15) is 39.5 Å². The molecule has 0 aromatic heterocycles. The van der Waals surface area contributed by atoms with Crippen molar-refractivity contribution in [2.24, 2.45) is 23.7 Å². The van der Waals surface area contributed by atoms with Crippen molar-refractivity contribution in [3.63, 3.8) is 0 Å². The number of fused-ring (bicyclic) bond motifs is 5. The van der Waals surface area contributed by atoms with E-state index in [9.17, 15) is 43.9 Å². The van der Waals surface area contributed by atoms with E-state index < -0.39 is 53.7 Å². The lowest BCUT2D eigenvalue weighted by Crippen LogP contribution is -2.74. The summed E-state index contributed by atoms with van der Waals surface area (Å²) in [7, 11) is 0. The molecule has 0 aromatic rings. The van der Waals surface area contributed by atoms with E-state index >= 15 is 0 Å². The fraction of sp³-hybridized carbons (Fsp3) is 0.833. The van der Waals surface area contributed by atoms with Gasteiger partial charge >= 0.3 is 24.1 Å². The van der Waals surface area contributed by atoms with E-state index in [-0.39, 0.29) is 6.42 Å². The maximum atomic E-state index is 14.3. The zero-order chi connectivity index (χ0) is 17.6. The van der Waals surface area contributed by atoms with Crippen molar-refractivity contribution >= 4 is 0 Å². The molecule has 3 aliphatic carbocycles. The van der Waals surface area contributed by atoms with Crippen LogP contribution in [-0.4, -0.2) is 30.0 Å². The van der Waals surface area contributed by atoms with Crippen LogP contribution in [0.4, 0.5) is 43.9 Å². The first-order valence-corrected chi connectivity index (χ1v) is 6.44. The van der Waals surface area contributed by atoms with E-state index in [0.717, 1.165) is 0 Å². The van der Waals surface area contributed by atoms with Gasteiger partial charge in [-0.25, -0.2) is 4.39 Å². The smallest absolute Gasteiger partial charge is 0.271 e. The normalized spacial score (nSPS) is 41.8. The van der Waals surface area contributed by atoms with Crippen LogP contribution in [0.15, 0.2) is 12.2 Å². The average Bonchev–Trinajstić information content (AvgIpc) is 2.95. The van der Waals surface area contributed by atoms with Crippen molar-refractivity contribution in [3.05, 3.63) is 12.2 Å². The lowest BCUT2D eigenvalue weighted by molar-refractivity contribution is -0.511. The second kappa shape index (κ2) is 4.15. The van der Waals surface area contributed by atoms with Crippen LogP contribution in [0.25, 0.3) is 0 Å². The van der Waals surface area contributed by atoms with Crippen LogP contribution in [0, 0.1) is 23.7 Å². The van der Waals surface area contributed by atoms with E-state index in [4.69, 9.17) is 0 Å². The number of rotatable bonds is 3. The van der Waals surface area contributed by atoms with Gasteiger partial charge in [-0.3, -0.25) is 4.74 Å². The van der Waals surface area contributed by atoms with E-state index in [2.05, 4.69) is 4.74 Å². The third kappa shape index (κ3) is 1.79. The molecule has 5 atom stereocenters. The highest BCUT2D eigenvalue weighted by Crippen LogP contribution is 2.72. The Kier molecular flexibility index (Phi) is 3.04. The Hall–Kier alpha value is -1.00. The largest absolute Gasteiger partial charge is 0.462 e. The van der Waals surface area contributed by atoms with Gasteiger partial charge in [-0.1, -0.05) is 12.2 Å². The molecular weight excluding hydrogens is 350 g/mol. The Morgan fingerprint density at radius 1 is 0.826 bits per heavy atom. The zero-order valence-electron chi connectivity index (χ0n) is 10.9. The predicted octanol–water partition coefficient (Wildman–Crippen LogP) is 4.55. The second-order valence-corrected chi connectivity index (χ2v) is 5.96. The number of hydrogen-bond donors (Lipinski definition) is 0. The molecule has 2 fully saturated rings. The molecule has 23 heavy (non-hydrogen) atoms. The summed E-state index contributed by atoms with van der Waals surface area (Å²) in [6.07, 6.45) is -10.7. The van der Waals surface area contributed by atoms with Gasteiger partial charge in [0.05, 0.1) is 0 Å². The molecule has 0 amide bonds. The summed E-state index contributed by atoms with van der Waals surface area (Å²) in [5, 5.41) is 0. The van der Waals surface area contributed by atoms with Crippen molar-refractivity contribution in [2.75, 3.05) is 0 Å². The molecular formula is C12H8F10O. The number of alkyl halides is 10. The van der Waals surface area contributed by atoms with Crippen molar-refractivity contribution in [1.29, 1.82) is 0 Å². The van der Waals surface area contributed by atoms with E-state index in [0.29, 0.717) is 0 Å². The second-order valence-electron chi connectivity index (χ2n) is 5.96. The Labute approximate surface area is 122 Å². The highest BCUT2D eigenvalue weighted by molar-refractivity contribution is 5.28. The van der Waals surface area contributed by atoms with Gasteiger partial charge in [0.2, 0.25) is 0 Å². The van der Waals surface area contributed by atoms with Gasteiger partial charge in [0, 0.05) is 11.8 Å². The van der Waals surface area contributed by atoms with Crippen LogP contribution < -0.4 is 0 Å². The van der Waals surface area contributed by atoms with Crippen LogP contribution in [0.5, 0.6) is 0 Å². The third-order valence-electron chi connectivity index (χ3n) is 4.76.